The third kappa shape index (κ3) is 3.47. The number of carbonyl (C=O) groups is 1. The van der Waals surface area contributed by atoms with Crippen LogP contribution >= 0.6 is 22.9 Å². The largest absolute Gasteiger partial charge is 0.332 e. The Morgan fingerprint density at radius 1 is 1.28 bits per heavy atom. The molecule has 1 amide bonds. The molecular formula is C17H23N5OS2. The number of rotatable bonds is 5. The molecule has 0 saturated carbocycles. The number of hydrogen-bond acceptors (Lipinski definition) is 7. The van der Waals surface area contributed by atoms with Crippen LogP contribution in [0.3, 0.4) is 0 Å². The molecule has 0 N–H and O–H groups in total. The fourth-order valence-corrected chi connectivity index (χ4v) is 5.31. The summed E-state index contributed by atoms with van der Waals surface area (Å²) >= 11 is 3.09. The summed E-state index contributed by atoms with van der Waals surface area (Å²) in [5.41, 5.74) is 3.95. The first-order valence-electron chi connectivity index (χ1n) is 8.83. The van der Waals surface area contributed by atoms with Gasteiger partial charge in [0.1, 0.15) is 0 Å². The maximum atomic E-state index is 12.9. The Labute approximate surface area is 156 Å². The highest BCUT2D eigenvalue weighted by atomic mass is 32.1. The maximum absolute atomic E-state index is 12.9. The van der Waals surface area contributed by atoms with Crippen LogP contribution in [-0.4, -0.2) is 49.4 Å². The van der Waals surface area contributed by atoms with Crippen LogP contribution in [0.25, 0.3) is 0 Å². The summed E-state index contributed by atoms with van der Waals surface area (Å²) < 4.78 is 4.15. The quantitative estimate of drug-likeness (QED) is 0.802. The second kappa shape index (κ2) is 7.09. The van der Waals surface area contributed by atoms with E-state index in [-0.39, 0.29) is 12.0 Å². The van der Waals surface area contributed by atoms with Crippen molar-refractivity contribution in [1.82, 2.24) is 24.4 Å². The molecule has 2 bridgehead atoms. The van der Waals surface area contributed by atoms with E-state index < -0.39 is 0 Å². The molecule has 0 unspecified atom stereocenters. The van der Waals surface area contributed by atoms with Crippen molar-refractivity contribution < 1.29 is 4.79 Å². The molecule has 134 valence electrons. The van der Waals surface area contributed by atoms with E-state index >= 15 is 0 Å². The molecule has 5 heterocycles. The third-order valence-electron chi connectivity index (χ3n) is 5.18. The summed E-state index contributed by atoms with van der Waals surface area (Å²) in [6.07, 6.45) is 2.10. The average molecular weight is 378 g/mol. The molecule has 3 fully saturated rings. The molecule has 3 aliphatic heterocycles. The molecule has 2 aromatic rings. The van der Waals surface area contributed by atoms with E-state index in [2.05, 4.69) is 38.2 Å². The first kappa shape index (κ1) is 17.1. The van der Waals surface area contributed by atoms with Crippen LogP contribution in [0.2, 0.25) is 0 Å². The average Bonchev–Trinajstić information content (AvgIpc) is 3.18. The summed E-state index contributed by atoms with van der Waals surface area (Å²) in [4.78, 5) is 23.0. The second-order valence-electron chi connectivity index (χ2n) is 7.30. The highest BCUT2D eigenvalue weighted by Gasteiger charge is 2.40. The van der Waals surface area contributed by atoms with Gasteiger partial charge >= 0.3 is 0 Å². The van der Waals surface area contributed by atoms with Crippen LogP contribution in [0.1, 0.15) is 48.9 Å². The van der Waals surface area contributed by atoms with E-state index in [0.717, 1.165) is 43.9 Å². The van der Waals surface area contributed by atoms with Crippen molar-refractivity contribution in [2.45, 2.75) is 51.7 Å². The molecule has 5 rings (SSSR count). The topological polar surface area (TPSA) is 62.2 Å². The molecule has 0 spiro atoms. The lowest BCUT2D eigenvalue weighted by molar-refractivity contribution is -0.140. The van der Waals surface area contributed by atoms with Crippen LogP contribution in [0.4, 0.5) is 0 Å². The molecular weight excluding hydrogens is 354 g/mol. The van der Waals surface area contributed by atoms with Crippen LogP contribution in [0, 0.1) is 5.92 Å². The SMILES string of the molecule is CC(C)c1nnsc1CN1C[C@@H]2CC[C@H](C1)N(Cc1cscn1)C2=O. The van der Waals surface area contributed by atoms with Gasteiger partial charge in [-0.3, -0.25) is 9.69 Å². The summed E-state index contributed by atoms with van der Waals surface area (Å²) in [6, 6.07) is 0.288. The monoisotopic (exact) mass is 377 g/mol. The summed E-state index contributed by atoms with van der Waals surface area (Å²) in [5.74, 6) is 0.805. The number of nitrogens with zero attached hydrogens (tertiary/aromatic N) is 5. The van der Waals surface area contributed by atoms with Crippen LogP contribution in [0.15, 0.2) is 10.9 Å². The Morgan fingerprint density at radius 2 is 2.16 bits per heavy atom. The third-order valence-corrected chi connectivity index (χ3v) is 6.54. The number of piperidine rings is 1. The second-order valence-corrected chi connectivity index (χ2v) is 8.86. The van der Waals surface area contributed by atoms with Gasteiger partial charge in [-0.25, -0.2) is 4.98 Å². The van der Waals surface area contributed by atoms with Gasteiger partial charge in [-0.2, -0.15) is 0 Å². The van der Waals surface area contributed by atoms with Gasteiger partial charge in [0.15, 0.2) is 0 Å². The summed E-state index contributed by atoms with van der Waals surface area (Å²) in [7, 11) is 0. The lowest BCUT2D eigenvalue weighted by atomic mass is 9.94. The number of hydrogen-bond donors (Lipinski definition) is 0. The zero-order chi connectivity index (χ0) is 17.4. The fourth-order valence-electron chi connectivity index (χ4n) is 3.92. The lowest BCUT2D eigenvalue weighted by Gasteiger charge is -2.35. The molecule has 0 radical (unpaired) electrons. The first-order chi connectivity index (χ1) is 12.1. The molecule has 25 heavy (non-hydrogen) atoms. The number of carbonyl (C=O) groups excluding carboxylic acids is 1. The molecule has 6 nitrogen and oxygen atoms in total. The van der Waals surface area contributed by atoms with Gasteiger partial charge in [-0.1, -0.05) is 18.3 Å². The minimum atomic E-state index is 0.112. The zero-order valence-corrected chi connectivity index (χ0v) is 16.2. The number of aromatic nitrogens is 3. The molecule has 8 heteroatoms. The number of thiazole rings is 1. The Kier molecular flexibility index (Phi) is 4.84. The number of fused-ring (bicyclic) bond motifs is 4. The number of amides is 1. The molecule has 0 aliphatic carbocycles. The molecule has 3 saturated heterocycles. The van der Waals surface area contributed by atoms with Crippen molar-refractivity contribution in [3.8, 4) is 0 Å². The van der Waals surface area contributed by atoms with E-state index in [4.69, 9.17) is 0 Å². The standard InChI is InChI=1S/C17H23N5OS2/c1-11(2)16-15(25-20-19-16)8-21-5-12-3-4-14(7-21)22(17(12)23)6-13-9-24-10-18-13/h9-12,14H,3-8H2,1-2H3/t12-,14+/m0/s1. The van der Waals surface area contributed by atoms with Crippen molar-refractivity contribution in [1.29, 1.82) is 0 Å². The van der Waals surface area contributed by atoms with Crippen molar-refractivity contribution >= 4 is 28.8 Å². The van der Waals surface area contributed by atoms with Gasteiger partial charge in [0.2, 0.25) is 5.91 Å². The zero-order valence-electron chi connectivity index (χ0n) is 14.6. The molecule has 2 atom stereocenters. The fraction of sp³-hybridized carbons (Fsp3) is 0.647. The minimum Gasteiger partial charge on any atom is -0.332 e. The van der Waals surface area contributed by atoms with Crippen molar-refractivity contribution in [3.05, 3.63) is 27.2 Å². The van der Waals surface area contributed by atoms with Gasteiger partial charge in [0.25, 0.3) is 0 Å². The van der Waals surface area contributed by atoms with E-state index in [1.54, 1.807) is 11.3 Å². The van der Waals surface area contributed by atoms with Gasteiger partial charge in [-0.05, 0) is 30.3 Å². The molecule has 2 aromatic heterocycles. The highest BCUT2D eigenvalue weighted by Crippen LogP contribution is 2.32. The Balaban J connectivity index is 1.50. The van der Waals surface area contributed by atoms with Crippen molar-refractivity contribution in [3.63, 3.8) is 0 Å². The lowest BCUT2D eigenvalue weighted by Crippen LogP contribution is -2.47. The molecule has 0 aromatic carbocycles. The molecule has 3 aliphatic rings. The Bertz CT molecular complexity index is 729. The van der Waals surface area contributed by atoms with Crippen molar-refractivity contribution in [2.24, 2.45) is 5.92 Å². The van der Waals surface area contributed by atoms with Crippen molar-refractivity contribution in [2.75, 3.05) is 13.1 Å². The van der Waals surface area contributed by atoms with E-state index in [0.29, 0.717) is 18.4 Å². The van der Waals surface area contributed by atoms with Crippen LogP contribution in [-0.2, 0) is 17.9 Å². The summed E-state index contributed by atoms with van der Waals surface area (Å²) in [5, 5.41) is 6.34. The Hall–Kier alpha value is -1.38. The van der Waals surface area contributed by atoms with E-state index in [1.165, 1.54) is 16.4 Å². The normalized spacial score (nSPS) is 24.3. The van der Waals surface area contributed by atoms with Crippen LogP contribution < -0.4 is 0 Å². The predicted octanol–water partition coefficient (Wildman–Crippen LogP) is 2.74. The van der Waals surface area contributed by atoms with Gasteiger partial charge in [0.05, 0.1) is 34.2 Å². The highest BCUT2D eigenvalue weighted by molar-refractivity contribution is 7.07. The van der Waals surface area contributed by atoms with Gasteiger partial charge < -0.3 is 4.90 Å². The minimum absolute atomic E-state index is 0.112. The van der Waals surface area contributed by atoms with E-state index in [9.17, 15) is 4.79 Å². The first-order valence-corrected chi connectivity index (χ1v) is 10.5. The van der Waals surface area contributed by atoms with Gasteiger partial charge in [0, 0.05) is 31.1 Å². The van der Waals surface area contributed by atoms with Gasteiger partial charge in [-0.15, -0.1) is 16.4 Å². The summed E-state index contributed by atoms with van der Waals surface area (Å²) in [6.45, 7) is 7.60. The maximum Gasteiger partial charge on any atom is 0.227 e. The predicted molar refractivity (Wildman–Crippen MR) is 98.5 cm³/mol. The van der Waals surface area contributed by atoms with Crippen LogP contribution in [0.5, 0.6) is 0 Å². The van der Waals surface area contributed by atoms with E-state index in [1.807, 2.05) is 10.9 Å². The smallest absolute Gasteiger partial charge is 0.227 e. The Morgan fingerprint density at radius 3 is 2.92 bits per heavy atom.